The first-order valence-corrected chi connectivity index (χ1v) is 14.0. The van der Waals surface area contributed by atoms with Crippen LogP contribution in [-0.4, -0.2) is 52.4 Å². The van der Waals surface area contributed by atoms with Gasteiger partial charge in [-0.15, -0.1) is 4.59 Å². The van der Waals surface area contributed by atoms with Gasteiger partial charge in [-0.2, -0.15) is 10.8 Å². The second-order valence-electron chi connectivity index (χ2n) is 11.1. The lowest BCUT2D eigenvalue weighted by Crippen LogP contribution is -2.53. The predicted molar refractivity (Wildman–Crippen MR) is 150 cm³/mol. The van der Waals surface area contributed by atoms with E-state index < -0.39 is 0 Å². The molecule has 0 aromatic heterocycles. The fourth-order valence-corrected chi connectivity index (χ4v) is 6.26. The molecular weight excluding hydrogens is 474 g/mol. The molecule has 0 bridgehead atoms. The number of quaternary nitrogens is 1. The summed E-state index contributed by atoms with van der Waals surface area (Å²) in [6.45, 7) is 3.71. The lowest BCUT2D eigenvalue weighted by molar-refractivity contribution is -0.750. The van der Waals surface area contributed by atoms with Crippen LogP contribution >= 0.6 is 0 Å². The Morgan fingerprint density at radius 1 is 0.974 bits per heavy atom. The van der Waals surface area contributed by atoms with Gasteiger partial charge in [0.1, 0.15) is 24.3 Å². The van der Waals surface area contributed by atoms with Crippen LogP contribution in [0.2, 0.25) is 0 Å². The molecule has 4 aliphatic rings. The highest BCUT2D eigenvalue weighted by molar-refractivity contribution is 6.00. The van der Waals surface area contributed by atoms with Crippen LogP contribution in [0.1, 0.15) is 49.7 Å². The minimum Gasteiger partial charge on any atom is -0.489 e. The second kappa shape index (κ2) is 10.9. The number of nitrogens with two attached hydrogens (primary N) is 1. The van der Waals surface area contributed by atoms with Gasteiger partial charge in [-0.1, -0.05) is 36.4 Å². The molecule has 2 aromatic rings. The molecule has 1 aliphatic carbocycles. The first-order chi connectivity index (χ1) is 18.6. The fraction of sp³-hybridized carbons (Fsp3) is 0.419. The van der Waals surface area contributed by atoms with E-state index in [9.17, 15) is 5.11 Å². The number of aliphatic imine (C=N–C) groups is 2. The highest BCUT2D eigenvalue weighted by Gasteiger charge is 2.46. The van der Waals surface area contributed by atoms with Gasteiger partial charge in [0.25, 0.3) is 5.84 Å². The molecule has 38 heavy (non-hydrogen) atoms. The molecule has 198 valence electrons. The van der Waals surface area contributed by atoms with Gasteiger partial charge in [0.2, 0.25) is 5.70 Å². The standard InChI is InChI=1S/C31H38N5O2/c32-36-18-15-33-20-29(36)30(25-11-9-23(10-12-25)21-35-16-13-27(37)14-17-35)34-31(36)26-7-4-8-28(19-26)38-22-24-5-2-1-3-6-24/h1-8,15,18-20,23,25,27,37H,9-14,16-17,21-22,32H2/q+1. The maximum atomic E-state index is 9.82. The Morgan fingerprint density at radius 2 is 1.76 bits per heavy atom. The monoisotopic (exact) mass is 512 g/mol. The Hall–Kier alpha value is -3.10. The number of hydrogen-bond donors (Lipinski definition) is 2. The molecule has 2 aromatic carbocycles. The van der Waals surface area contributed by atoms with E-state index >= 15 is 0 Å². The number of hydrogen-bond acceptors (Lipinski definition) is 6. The van der Waals surface area contributed by atoms with E-state index in [4.69, 9.17) is 15.6 Å². The Labute approximate surface area is 225 Å². The van der Waals surface area contributed by atoms with Crippen molar-refractivity contribution in [1.82, 2.24) is 4.90 Å². The lowest BCUT2D eigenvalue weighted by atomic mass is 9.79. The van der Waals surface area contributed by atoms with Crippen molar-refractivity contribution in [2.45, 2.75) is 51.2 Å². The Bertz CT molecular complexity index is 1250. The minimum absolute atomic E-state index is 0.0526. The van der Waals surface area contributed by atoms with E-state index in [2.05, 4.69) is 28.1 Å². The highest BCUT2D eigenvalue weighted by atomic mass is 16.5. The number of nitrogens with zero attached hydrogens (tertiary/aromatic N) is 4. The zero-order valence-corrected chi connectivity index (χ0v) is 22.0. The van der Waals surface area contributed by atoms with Gasteiger partial charge in [0.05, 0.1) is 24.1 Å². The van der Waals surface area contributed by atoms with Gasteiger partial charge < -0.3 is 14.7 Å². The van der Waals surface area contributed by atoms with Gasteiger partial charge in [0, 0.05) is 25.6 Å². The number of piperidine rings is 1. The number of allylic oxidation sites excluding steroid dienone is 2. The molecule has 3 N–H and O–H groups in total. The summed E-state index contributed by atoms with van der Waals surface area (Å²) in [4.78, 5) is 12.2. The van der Waals surface area contributed by atoms with Crippen LogP contribution < -0.4 is 10.6 Å². The van der Waals surface area contributed by atoms with E-state index in [1.807, 2.05) is 48.8 Å². The Kier molecular flexibility index (Phi) is 7.26. The molecule has 6 rings (SSSR count). The fourth-order valence-electron chi connectivity index (χ4n) is 6.26. The number of ether oxygens (including phenoxy) is 1. The van der Waals surface area contributed by atoms with Crippen molar-refractivity contribution in [3.8, 4) is 5.75 Å². The molecule has 1 saturated carbocycles. The number of rotatable bonds is 7. The molecule has 7 nitrogen and oxygen atoms in total. The first kappa shape index (κ1) is 25.2. The average Bonchev–Trinajstić information content (AvgIpc) is 3.27. The third-order valence-electron chi connectivity index (χ3n) is 8.47. The topological polar surface area (TPSA) is 83.4 Å². The molecule has 1 atom stereocenters. The van der Waals surface area contributed by atoms with Crippen molar-refractivity contribution in [2.75, 3.05) is 19.6 Å². The van der Waals surface area contributed by atoms with E-state index in [-0.39, 0.29) is 10.7 Å². The number of aliphatic hydroxyl groups is 1. The summed E-state index contributed by atoms with van der Waals surface area (Å²) in [5.41, 5.74) is 4.16. The van der Waals surface area contributed by atoms with Crippen molar-refractivity contribution in [3.05, 3.63) is 89.5 Å². The normalized spacial score (nSPS) is 27.9. The third kappa shape index (κ3) is 5.24. The quantitative estimate of drug-likeness (QED) is 0.414. The summed E-state index contributed by atoms with van der Waals surface area (Å²) in [7, 11) is 0. The first-order valence-electron chi connectivity index (χ1n) is 14.0. The van der Waals surface area contributed by atoms with Gasteiger partial charge in [-0.05, 0) is 68.2 Å². The minimum atomic E-state index is -0.109. The average molecular weight is 513 g/mol. The molecule has 7 heteroatoms. The Morgan fingerprint density at radius 3 is 2.55 bits per heavy atom. The maximum Gasteiger partial charge on any atom is 0.265 e. The smallest absolute Gasteiger partial charge is 0.265 e. The molecule has 0 radical (unpaired) electrons. The second-order valence-corrected chi connectivity index (χ2v) is 11.1. The van der Waals surface area contributed by atoms with Crippen LogP contribution in [0.3, 0.4) is 0 Å². The zero-order valence-electron chi connectivity index (χ0n) is 22.0. The molecule has 3 heterocycles. The molecule has 0 amide bonds. The van der Waals surface area contributed by atoms with Crippen molar-refractivity contribution in [1.29, 1.82) is 0 Å². The van der Waals surface area contributed by atoms with Crippen molar-refractivity contribution < 1.29 is 14.4 Å². The summed E-state index contributed by atoms with van der Waals surface area (Å²) in [5.74, 6) is 9.74. The van der Waals surface area contributed by atoms with Gasteiger partial charge >= 0.3 is 0 Å². The summed E-state index contributed by atoms with van der Waals surface area (Å²) < 4.78 is 6.16. The van der Waals surface area contributed by atoms with Crippen LogP contribution in [0.5, 0.6) is 5.75 Å². The highest BCUT2D eigenvalue weighted by Crippen LogP contribution is 2.41. The molecule has 1 unspecified atom stereocenters. The summed E-state index contributed by atoms with van der Waals surface area (Å²) in [6, 6.07) is 18.3. The number of aliphatic hydroxyl groups excluding tert-OH is 1. The predicted octanol–water partition coefficient (Wildman–Crippen LogP) is 4.75. The van der Waals surface area contributed by atoms with Crippen molar-refractivity contribution in [2.24, 2.45) is 27.7 Å². The summed E-state index contributed by atoms with van der Waals surface area (Å²) >= 11 is 0. The van der Waals surface area contributed by atoms with E-state index in [1.54, 1.807) is 6.20 Å². The molecule has 2 fully saturated rings. The Balaban J connectivity index is 1.17. The number of fused-ring (bicyclic) bond motifs is 1. The van der Waals surface area contributed by atoms with Crippen molar-refractivity contribution in [3.63, 3.8) is 0 Å². The van der Waals surface area contributed by atoms with Crippen LogP contribution in [0.15, 0.2) is 88.4 Å². The maximum absolute atomic E-state index is 9.82. The van der Waals surface area contributed by atoms with Crippen LogP contribution in [0, 0.1) is 11.8 Å². The van der Waals surface area contributed by atoms with E-state index in [1.165, 1.54) is 12.8 Å². The molecule has 0 spiro atoms. The van der Waals surface area contributed by atoms with Crippen LogP contribution in [-0.2, 0) is 6.61 Å². The van der Waals surface area contributed by atoms with Crippen LogP contribution in [0.25, 0.3) is 0 Å². The van der Waals surface area contributed by atoms with Gasteiger partial charge in [0.15, 0.2) is 0 Å². The van der Waals surface area contributed by atoms with Crippen molar-refractivity contribution >= 4 is 12.1 Å². The van der Waals surface area contributed by atoms with Gasteiger partial charge in [-0.3, -0.25) is 4.99 Å². The SMILES string of the molecule is N[N+]12C=CN=CC1=C(C1CCC(CN3CCC(O)CC3)CC1)N=C2c1cccc(OCc2ccccc2)c1. The van der Waals surface area contributed by atoms with E-state index in [0.29, 0.717) is 18.4 Å². The molecule has 1 saturated heterocycles. The van der Waals surface area contributed by atoms with E-state index in [0.717, 1.165) is 79.4 Å². The third-order valence-corrected chi connectivity index (χ3v) is 8.47. The number of likely N-dealkylation sites (tertiary alicyclic amines) is 1. The summed E-state index contributed by atoms with van der Waals surface area (Å²) in [5, 5.41) is 9.82. The lowest BCUT2D eigenvalue weighted by Gasteiger charge is -2.35. The van der Waals surface area contributed by atoms with Gasteiger partial charge in [-0.25, -0.2) is 0 Å². The largest absolute Gasteiger partial charge is 0.489 e. The zero-order chi connectivity index (χ0) is 26.0. The molecule has 3 aliphatic heterocycles. The number of benzene rings is 2. The molecular formula is C31H38N5O2+. The number of amidine groups is 1. The summed E-state index contributed by atoms with van der Waals surface area (Å²) in [6.07, 6.45) is 11.9. The van der Waals surface area contributed by atoms with Crippen LogP contribution in [0.4, 0.5) is 0 Å².